The number of carbonyl (C=O) groups is 2. The molecule has 2 N–H and O–H groups in total. The second-order valence-corrected chi connectivity index (χ2v) is 3.35. The van der Waals surface area contributed by atoms with Gasteiger partial charge in [-0.2, -0.15) is 0 Å². The smallest absolute Gasteiger partial charge is 0.246 e. The number of rotatable bonds is 0. The molecule has 0 aromatic carbocycles. The molecule has 0 saturated heterocycles. The molecule has 1 aliphatic carbocycles. The van der Waals surface area contributed by atoms with E-state index in [0.29, 0.717) is 0 Å². The maximum absolute atomic E-state index is 10.9. The molecule has 0 bridgehead atoms. The van der Waals surface area contributed by atoms with Gasteiger partial charge in [-0.15, -0.1) is 0 Å². The third kappa shape index (κ3) is 1.33. The lowest BCUT2D eigenvalue weighted by Crippen LogP contribution is -2.40. The highest BCUT2D eigenvalue weighted by molar-refractivity contribution is 6.49. The van der Waals surface area contributed by atoms with E-state index < -0.39 is 33.8 Å². The number of aliphatic hydroxyl groups is 2. The summed E-state index contributed by atoms with van der Waals surface area (Å²) in [6, 6.07) is 0. The Bertz CT molecular complexity index is 292. The molecular weight excluding hydrogens is 207 g/mol. The van der Waals surface area contributed by atoms with Crippen LogP contribution in [0.5, 0.6) is 0 Å². The molecule has 0 fully saturated rings. The van der Waals surface area contributed by atoms with Crippen molar-refractivity contribution >= 4 is 34.8 Å². The zero-order valence-electron chi connectivity index (χ0n) is 5.67. The van der Waals surface area contributed by atoms with Crippen LogP contribution in [-0.4, -0.2) is 26.8 Å². The van der Waals surface area contributed by atoms with E-state index in [4.69, 9.17) is 33.4 Å². The summed E-state index contributed by atoms with van der Waals surface area (Å²) in [4.78, 5) is 21.7. The van der Waals surface area contributed by atoms with E-state index in [9.17, 15) is 9.59 Å². The predicted molar refractivity (Wildman–Crippen MR) is 40.9 cm³/mol. The van der Waals surface area contributed by atoms with Crippen molar-refractivity contribution in [2.75, 3.05) is 0 Å². The van der Waals surface area contributed by atoms with Gasteiger partial charge in [0.15, 0.2) is 11.5 Å². The minimum atomic E-state index is -2.35. The van der Waals surface area contributed by atoms with Crippen LogP contribution in [0.4, 0.5) is 0 Å². The Balaban J connectivity index is 3.19. The van der Waals surface area contributed by atoms with Gasteiger partial charge in [-0.05, 0) is 0 Å². The minimum absolute atomic E-state index is 0.578. The largest absolute Gasteiger partial charge is 0.503 e. The van der Waals surface area contributed by atoms with Crippen LogP contribution in [0.3, 0.4) is 0 Å². The number of ketones is 2. The molecule has 1 unspecified atom stereocenters. The Labute approximate surface area is 77.4 Å². The third-order valence-corrected chi connectivity index (χ3v) is 2.11. The Morgan fingerprint density at radius 1 is 1.42 bits per heavy atom. The molecule has 1 rings (SSSR count). The van der Waals surface area contributed by atoms with E-state index >= 15 is 0 Å². The van der Waals surface area contributed by atoms with Crippen LogP contribution in [0.15, 0.2) is 10.8 Å². The predicted octanol–water partition coefficient (Wildman–Crippen LogP) is 0.464. The SMILES string of the molecule is O=C1CC(O)(Cl)C(=O)C(O)=C1Cl. The van der Waals surface area contributed by atoms with Crippen molar-refractivity contribution < 1.29 is 19.8 Å². The first kappa shape index (κ1) is 9.51. The second kappa shape index (κ2) is 2.73. The average Bonchev–Trinajstić information content (AvgIpc) is 1.97. The van der Waals surface area contributed by atoms with Gasteiger partial charge in [0.2, 0.25) is 10.8 Å². The van der Waals surface area contributed by atoms with Gasteiger partial charge in [-0.25, -0.2) is 0 Å². The van der Waals surface area contributed by atoms with Gasteiger partial charge in [0, 0.05) is 0 Å². The highest BCUT2D eigenvalue weighted by atomic mass is 35.5. The lowest BCUT2D eigenvalue weighted by molar-refractivity contribution is -0.135. The topological polar surface area (TPSA) is 74.6 Å². The van der Waals surface area contributed by atoms with Crippen LogP contribution in [0.25, 0.3) is 0 Å². The van der Waals surface area contributed by atoms with Gasteiger partial charge in [0.25, 0.3) is 0 Å². The molecule has 6 heteroatoms. The monoisotopic (exact) mass is 210 g/mol. The highest BCUT2D eigenvalue weighted by Gasteiger charge is 2.44. The van der Waals surface area contributed by atoms with Gasteiger partial charge >= 0.3 is 0 Å². The zero-order chi connectivity index (χ0) is 9.52. The number of hydrogen-bond donors (Lipinski definition) is 2. The first-order valence-electron chi connectivity index (χ1n) is 2.94. The molecule has 0 aromatic heterocycles. The molecule has 0 saturated carbocycles. The van der Waals surface area contributed by atoms with Crippen LogP contribution in [0, 0.1) is 0 Å². The van der Waals surface area contributed by atoms with E-state index in [-0.39, 0.29) is 0 Å². The molecule has 0 spiro atoms. The van der Waals surface area contributed by atoms with Crippen molar-refractivity contribution in [1.82, 2.24) is 0 Å². The highest BCUT2D eigenvalue weighted by Crippen LogP contribution is 2.30. The number of hydrogen-bond acceptors (Lipinski definition) is 4. The lowest BCUT2D eigenvalue weighted by Gasteiger charge is -2.21. The van der Waals surface area contributed by atoms with Crippen molar-refractivity contribution in [2.24, 2.45) is 0 Å². The van der Waals surface area contributed by atoms with Gasteiger partial charge in [0.05, 0.1) is 6.42 Å². The molecule has 0 heterocycles. The van der Waals surface area contributed by atoms with Crippen molar-refractivity contribution in [3.63, 3.8) is 0 Å². The van der Waals surface area contributed by atoms with Crippen molar-refractivity contribution in [1.29, 1.82) is 0 Å². The average molecular weight is 211 g/mol. The number of allylic oxidation sites excluding steroid dienone is 1. The summed E-state index contributed by atoms with van der Waals surface area (Å²) in [5, 5.41) is 15.0. The summed E-state index contributed by atoms with van der Waals surface area (Å²) in [7, 11) is 0. The molecule has 1 aliphatic rings. The Hall–Kier alpha value is -0.580. The molecule has 0 radical (unpaired) electrons. The molecule has 0 aliphatic heterocycles. The molecule has 4 nitrogen and oxygen atoms in total. The van der Waals surface area contributed by atoms with Crippen LogP contribution in [0.1, 0.15) is 6.42 Å². The maximum Gasteiger partial charge on any atom is 0.246 e. The summed E-state index contributed by atoms with van der Waals surface area (Å²) in [6.07, 6.45) is -0.615. The van der Waals surface area contributed by atoms with Crippen molar-refractivity contribution in [2.45, 2.75) is 11.5 Å². The number of carbonyl (C=O) groups excluding carboxylic acids is 2. The standard InChI is InChI=1S/C6H4Cl2O4/c7-3-2(9)1-6(8,12)5(11)4(3)10/h10,12H,1H2. The first-order valence-corrected chi connectivity index (χ1v) is 3.70. The third-order valence-electron chi connectivity index (χ3n) is 1.41. The second-order valence-electron chi connectivity index (χ2n) is 2.35. The van der Waals surface area contributed by atoms with E-state index in [1.165, 1.54) is 0 Å². The van der Waals surface area contributed by atoms with Gasteiger partial charge < -0.3 is 10.2 Å². The Morgan fingerprint density at radius 3 is 2.42 bits per heavy atom. The van der Waals surface area contributed by atoms with Gasteiger partial charge in [0.1, 0.15) is 5.03 Å². The van der Waals surface area contributed by atoms with Gasteiger partial charge in [-0.1, -0.05) is 23.2 Å². The number of Topliss-reactive ketones (excluding diaryl/α,β-unsaturated/α-hetero) is 2. The minimum Gasteiger partial charge on any atom is -0.503 e. The molecule has 12 heavy (non-hydrogen) atoms. The Kier molecular flexibility index (Phi) is 2.16. The summed E-state index contributed by atoms with van der Waals surface area (Å²) < 4.78 is 0. The number of alkyl halides is 1. The number of aliphatic hydroxyl groups excluding tert-OH is 1. The van der Waals surface area contributed by atoms with Crippen LogP contribution in [-0.2, 0) is 9.59 Å². The van der Waals surface area contributed by atoms with Crippen LogP contribution in [0.2, 0.25) is 0 Å². The molecule has 66 valence electrons. The summed E-state index contributed by atoms with van der Waals surface area (Å²) in [6.45, 7) is 0. The molecule has 0 aromatic rings. The fourth-order valence-electron chi connectivity index (χ4n) is 0.784. The number of halogens is 2. The summed E-state index contributed by atoms with van der Waals surface area (Å²) in [5.41, 5.74) is 0. The van der Waals surface area contributed by atoms with E-state index in [1.807, 2.05) is 0 Å². The van der Waals surface area contributed by atoms with E-state index in [0.717, 1.165) is 0 Å². The molecular formula is C6H4Cl2O4. The fourth-order valence-corrected chi connectivity index (χ4v) is 1.15. The summed E-state index contributed by atoms with van der Waals surface area (Å²) >= 11 is 10.4. The quantitative estimate of drug-likeness (QED) is 0.571. The van der Waals surface area contributed by atoms with Crippen molar-refractivity contribution in [3.8, 4) is 0 Å². The molecule has 1 atom stereocenters. The zero-order valence-corrected chi connectivity index (χ0v) is 7.19. The van der Waals surface area contributed by atoms with E-state index in [1.54, 1.807) is 0 Å². The first-order chi connectivity index (χ1) is 5.36. The fraction of sp³-hybridized carbons (Fsp3) is 0.333. The van der Waals surface area contributed by atoms with Gasteiger partial charge in [-0.3, -0.25) is 9.59 Å². The summed E-state index contributed by atoms with van der Waals surface area (Å²) in [5.74, 6) is -2.88. The lowest BCUT2D eigenvalue weighted by atomic mass is 10.00. The van der Waals surface area contributed by atoms with E-state index in [2.05, 4.69) is 0 Å². The molecule has 0 amide bonds. The van der Waals surface area contributed by atoms with Crippen LogP contribution >= 0.6 is 23.2 Å². The van der Waals surface area contributed by atoms with Crippen molar-refractivity contribution in [3.05, 3.63) is 10.8 Å². The maximum atomic E-state index is 10.9. The van der Waals surface area contributed by atoms with Crippen LogP contribution < -0.4 is 0 Å². The Morgan fingerprint density at radius 2 is 1.92 bits per heavy atom. The normalized spacial score (nSPS) is 31.2.